The van der Waals surface area contributed by atoms with Crippen LogP contribution in [0.5, 0.6) is 5.75 Å². The lowest BCUT2D eigenvalue weighted by molar-refractivity contribution is -0.133. The van der Waals surface area contributed by atoms with Crippen LogP contribution in [0.25, 0.3) is 0 Å². The molecule has 2 unspecified atom stereocenters. The number of likely N-dealkylation sites (tertiary alicyclic amines) is 1. The summed E-state index contributed by atoms with van der Waals surface area (Å²) in [4.78, 5) is 15.0. The summed E-state index contributed by atoms with van der Waals surface area (Å²) >= 11 is 12.2. The lowest BCUT2D eigenvalue weighted by Gasteiger charge is -2.25. The molecule has 2 aromatic carbocycles. The van der Waals surface area contributed by atoms with Crippen molar-refractivity contribution in [2.75, 3.05) is 6.54 Å². The molecule has 1 aliphatic heterocycles. The van der Waals surface area contributed by atoms with Gasteiger partial charge in [0, 0.05) is 22.5 Å². The quantitative estimate of drug-likeness (QED) is 0.838. The highest BCUT2D eigenvalue weighted by Crippen LogP contribution is 2.41. The van der Waals surface area contributed by atoms with E-state index in [0.29, 0.717) is 16.5 Å². The molecule has 0 aromatic heterocycles. The van der Waals surface area contributed by atoms with E-state index >= 15 is 0 Å². The molecule has 2 atom stereocenters. The number of aromatic hydroxyl groups is 1. The number of hydrogen-bond acceptors (Lipinski definition) is 2. The van der Waals surface area contributed by atoms with Gasteiger partial charge in [-0.25, -0.2) is 0 Å². The van der Waals surface area contributed by atoms with Gasteiger partial charge in [-0.05, 0) is 66.6 Å². The molecule has 1 aliphatic carbocycles. The van der Waals surface area contributed by atoms with Crippen molar-refractivity contribution in [2.24, 2.45) is 5.92 Å². The van der Waals surface area contributed by atoms with Gasteiger partial charge in [-0.1, -0.05) is 35.3 Å². The highest BCUT2D eigenvalue weighted by Gasteiger charge is 2.39. The molecule has 1 heterocycles. The second kappa shape index (κ2) is 6.54. The monoisotopic (exact) mass is 375 g/mol. The van der Waals surface area contributed by atoms with Crippen LogP contribution in [-0.2, 0) is 17.6 Å². The maximum absolute atomic E-state index is 13.0. The highest BCUT2D eigenvalue weighted by molar-refractivity contribution is 6.35. The van der Waals surface area contributed by atoms with Crippen molar-refractivity contribution < 1.29 is 9.90 Å². The number of carbonyl (C=O) groups is 1. The van der Waals surface area contributed by atoms with Crippen molar-refractivity contribution in [1.29, 1.82) is 0 Å². The van der Waals surface area contributed by atoms with Crippen LogP contribution in [0.1, 0.15) is 35.6 Å². The topological polar surface area (TPSA) is 40.5 Å². The van der Waals surface area contributed by atoms with Crippen molar-refractivity contribution >= 4 is 29.1 Å². The van der Waals surface area contributed by atoms with E-state index in [1.165, 1.54) is 5.56 Å². The molecule has 5 heteroatoms. The van der Waals surface area contributed by atoms with E-state index in [2.05, 4.69) is 0 Å². The van der Waals surface area contributed by atoms with Gasteiger partial charge in [-0.15, -0.1) is 0 Å². The molecule has 0 saturated carbocycles. The number of phenols is 1. The van der Waals surface area contributed by atoms with Crippen LogP contribution >= 0.6 is 23.2 Å². The van der Waals surface area contributed by atoms with Gasteiger partial charge in [0.25, 0.3) is 0 Å². The minimum absolute atomic E-state index is 0.0416. The lowest BCUT2D eigenvalue weighted by Crippen LogP contribution is -2.31. The van der Waals surface area contributed by atoms with Gasteiger partial charge in [0.15, 0.2) is 0 Å². The third-order valence-corrected chi connectivity index (χ3v) is 5.97. The molecule has 0 spiro atoms. The molecule has 25 heavy (non-hydrogen) atoms. The summed E-state index contributed by atoms with van der Waals surface area (Å²) < 4.78 is 0. The fourth-order valence-corrected chi connectivity index (χ4v) is 4.59. The smallest absolute Gasteiger partial charge is 0.226 e. The van der Waals surface area contributed by atoms with E-state index in [9.17, 15) is 9.90 Å². The summed E-state index contributed by atoms with van der Waals surface area (Å²) in [6.45, 7) is 0.758. The molecular formula is C20H19Cl2NO2. The first-order valence-corrected chi connectivity index (χ1v) is 9.34. The van der Waals surface area contributed by atoms with Gasteiger partial charge in [-0.3, -0.25) is 4.79 Å². The van der Waals surface area contributed by atoms with E-state index in [1.54, 1.807) is 12.1 Å². The highest BCUT2D eigenvalue weighted by atomic mass is 35.5. The summed E-state index contributed by atoms with van der Waals surface area (Å²) in [6, 6.07) is 11.0. The summed E-state index contributed by atoms with van der Waals surface area (Å²) in [6.07, 6.45) is 3.37. The molecule has 2 aliphatic rings. The average molecular weight is 376 g/mol. The maximum atomic E-state index is 13.0. The van der Waals surface area contributed by atoms with Crippen LogP contribution in [0.2, 0.25) is 10.0 Å². The van der Waals surface area contributed by atoms with Crippen LogP contribution in [0, 0.1) is 5.92 Å². The molecule has 0 bridgehead atoms. The predicted octanol–water partition coefficient (Wildman–Crippen LogP) is 4.78. The number of rotatable bonds is 3. The maximum Gasteiger partial charge on any atom is 0.226 e. The number of fused-ring (bicyclic) bond motifs is 1. The van der Waals surface area contributed by atoms with Crippen molar-refractivity contribution in [2.45, 2.75) is 31.7 Å². The Labute approximate surface area is 157 Å². The SMILES string of the molecule is O=C1C(Cc2ccc(Cl)cc2Cl)CCN1C1CCc2ccc(O)cc21. The number of aryl methyl sites for hydroxylation is 1. The van der Waals surface area contributed by atoms with E-state index in [4.69, 9.17) is 23.2 Å². The predicted molar refractivity (Wildman–Crippen MR) is 99.2 cm³/mol. The molecule has 1 saturated heterocycles. The Morgan fingerprint density at radius 2 is 1.96 bits per heavy atom. The molecule has 2 aromatic rings. The zero-order chi connectivity index (χ0) is 17.6. The van der Waals surface area contributed by atoms with Crippen molar-refractivity contribution in [3.63, 3.8) is 0 Å². The minimum Gasteiger partial charge on any atom is -0.508 e. The third kappa shape index (κ3) is 3.11. The van der Waals surface area contributed by atoms with Crippen molar-refractivity contribution in [3.05, 3.63) is 63.1 Å². The van der Waals surface area contributed by atoms with Crippen LogP contribution in [-0.4, -0.2) is 22.5 Å². The number of halogens is 2. The first-order chi connectivity index (χ1) is 12.0. The molecule has 1 N–H and O–H groups in total. The number of amides is 1. The zero-order valence-electron chi connectivity index (χ0n) is 13.7. The number of nitrogens with zero attached hydrogens (tertiary/aromatic N) is 1. The zero-order valence-corrected chi connectivity index (χ0v) is 15.2. The van der Waals surface area contributed by atoms with Crippen molar-refractivity contribution in [3.8, 4) is 5.75 Å². The first kappa shape index (κ1) is 16.7. The largest absolute Gasteiger partial charge is 0.508 e. The summed E-state index contributed by atoms with van der Waals surface area (Å²) in [7, 11) is 0. The molecule has 1 amide bonds. The van der Waals surface area contributed by atoms with E-state index in [-0.39, 0.29) is 23.6 Å². The number of benzene rings is 2. The summed E-state index contributed by atoms with van der Waals surface area (Å²) in [5.74, 6) is 0.411. The van der Waals surface area contributed by atoms with Crippen LogP contribution in [0.4, 0.5) is 0 Å². The molecule has 4 rings (SSSR count). The van der Waals surface area contributed by atoms with E-state index in [0.717, 1.165) is 36.9 Å². The molecule has 3 nitrogen and oxygen atoms in total. The van der Waals surface area contributed by atoms with Crippen LogP contribution < -0.4 is 0 Å². The average Bonchev–Trinajstić information content (AvgIpc) is 3.13. The summed E-state index contributed by atoms with van der Waals surface area (Å²) in [5.41, 5.74) is 3.30. The third-order valence-electron chi connectivity index (χ3n) is 5.38. The second-order valence-electron chi connectivity index (χ2n) is 6.89. The van der Waals surface area contributed by atoms with Gasteiger partial charge in [-0.2, -0.15) is 0 Å². The standard InChI is InChI=1S/C20H19Cl2NO2/c21-15-4-1-13(18(22)10-15)9-14-7-8-23(20(14)25)19-6-3-12-2-5-16(24)11-17(12)19/h1-2,4-5,10-11,14,19,24H,3,6-9H2. The minimum atomic E-state index is -0.0416. The summed E-state index contributed by atoms with van der Waals surface area (Å²) in [5, 5.41) is 11.0. The lowest BCUT2D eigenvalue weighted by atomic mass is 9.98. The first-order valence-electron chi connectivity index (χ1n) is 8.59. The Morgan fingerprint density at radius 1 is 1.12 bits per heavy atom. The fraction of sp³-hybridized carbons (Fsp3) is 0.350. The van der Waals surface area contributed by atoms with Crippen LogP contribution in [0.15, 0.2) is 36.4 Å². The Balaban J connectivity index is 1.52. The van der Waals surface area contributed by atoms with Gasteiger partial charge < -0.3 is 10.0 Å². The molecule has 1 fully saturated rings. The number of phenolic OH excluding ortho intramolecular Hbond substituents is 1. The van der Waals surface area contributed by atoms with Crippen molar-refractivity contribution in [1.82, 2.24) is 4.90 Å². The Bertz CT molecular complexity index is 836. The Morgan fingerprint density at radius 3 is 2.76 bits per heavy atom. The Kier molecular flexibility index (Phi) is 4.38. The van der Waals surface area contributed by atoms with Gasteiger partial charge >= 0.3 is 0 Å². The second-order valence-corrected chi connectivity index (χ2v) is 7.74. The number of hydrogen-bond donors (Lipinski definition) is 1. The van der Waals surface area contributed by atoms with Crippen LogP contribution in [0.3, 0.4) is 0 Å². The fourth-order valence-electron chi connectivity index (χ4n) is 4.11. The number of carbonyl (C=O) groups excluding carboxylic acids is 1. The van der Waals surface area contributed by atoms with Gasteiger partial charge in [0.2, 0.25) is 5.91 Å². The van der Waals surface area contributed by atoms with Gasteiger partial charge in [0.1, 0.15) is 5.75 Å². The van der Waals surface area contributed by atoms with E-state index < -0.39 is 0 Å². The van der Waals surface area contributed by atoms with Gasteiger partial charge in [0.05, 0.1) is 6.04 Å². The Hall–Kier alpha value is -1.71. The molecule has 130 valence electrons. The molecular weight excluding hydrogens is 357 g/mol. The van der Waals surface area contributed by atoms with E-state index in [1.807, 2.05) is 29.2 Å². The normalized spacial score (nSPS) is 22.5. The molecule has 0 radical (unpaired) electrons.